The Balaban J connectivity index is 1.22. The summed E-state index contributed by atoms with van der Waals surface area (Å²) in [6.45, 7) is 3.45. The van der Waals surface area contributed by atoms with Crippen LogP contribution < -0.4 is 20.9 Å². The number of nitrogens with zero attached hydrogens (tertiary/aromatic N) is 2. The third-order valence-electron chi connectivity index (χ3n) is 6.47. The van der Waals surface area contributed by atoms with E-state index in [-0.39, 0.29) is 5.69 Å². The van der Waals surface area contributed by atoms with E-state index in [9.17, 15) is 22.8 Å². The van der Waals surface area contributed by atoms with E-state index in [4.69, 9.17) is 4.84 Å². The van der Waals surface area contributed by atoms with Crippen LogP contribution in [0.5, 0.6) is 5.75 Å². The first-order chi connectivity index (χ1) is 19.7. The van der Waals surface area contributed by atoms with Crippen molar-refractivity contribution in [2.24, 2.45) is 0 Å². The standard InChI is InChI=1S/C28H27F3N6O4/c29-28(30,31)40-22-5-3-4-21(16-22)35-27(39)34-20-8-6-18(7-9-20)23-14-19(15-25-24(23)17-32-36-25)26(38)41-33-10-13-37-11-1-2-12-37/h3-9,14-17,33H,1-2,10-13H2,(H,32,36)(H2,34,35,39). The van der Waals surface area contributed by atoms with Gasteiger partial charge in [0.15, 0.2) is 0 Å². The molecule has 3 aromatic carbocycles. The first kappa shape index (κ1) is 27.9. The van der Waals surface area contributed by atoms with Crippen molar-refractivity contribution in [3.8, 4) is 16.9 Å². The maximum atomic E-state index is 12.8. The number of likely N-dealkylation sites (tertiary alicyclic amines) is 1. The van der Waals surface area contributed by atoms with Gasteiger partial charge in [-0.2, -0.15) is 10.6 Å². The number of ether oxygens (including phenoxy) is 1. The highest BCUT2D eigenvalue weighted by Gasteiger charge is 2.31. The van der Waals surface area contributed by atoms with Crippen molar-refractivity contribution in [3.63, 3.8) is 0 Å². The number of H-pyrrole nitrogens is 1. The summed E-state index contributed by atoms with van der Waals surface area (Å²) in [6.07, 6.45) is -0.802. The molecule has 1 aliphatic heterocycles. The summed E-state index contributed by atoms with van der Waals surface area (Å²) in [6, 6.07) is 14.5. The van der Waals surface area contributed by atoms with Gasteiger partial charge >= 0.3 is 18.4 Å². The van der Waals surface area contributed by atoms with Crippen LogP contribution in [0.4, 0.5) is 29.3 Å². The molecule has 5 rings (SSSR count). The minimum atomic E-state index is -4.84. The second-order valence-corrected chi connectivity index (χ2v) is 9.42. The summed E-state index contributed by atoms with van der Waals surface area (Å²) in [5.74, 6) is -0.974. The molecule has 0 radical (unpaired) electrons. The molecule has 10 nitrogen and oxygen atoms in total. The Morgan fingerprint density at radius 2 is 1.73 bits per heavy atom. The van der Waals surface area contributed by atoms with E-state index >= 15 is 0 Å². The molecule has 1 fully saturated rings. The lowest BCUT2D eigenvalue weighted by Crippen LogP contribution is -2.31. The first-order valence-electron chi connectivity index (χ1n) is 12.9. The van der Waals surface area contributed by atoms with E-state index < -0.39 is 24.1 Å². The van der Waals surface area contributed by atoms with Gasteiger partial charge in [-0.25, -0.2) is 9.59 Å². The number of hydrogen-bond acceptors (Lipinski definition) is 7. The first-order valence-corrected chi connectivity index (χ1v) is 12.9. The number of fused-ring (bicyclic) bond motifs is 1. The maximum Gasteiger partial charge on any atom is 0.573 e. The molecule has 214 valence electrons. The summed E-state index contributed by atoms with van der Waals surface area (Å²) in [5, 5.41) is 12.9. The maximum absolute atomic E-state index is 12.8. The minimum Gasteiger partial charge on any atom is -0.406 e. The van der Waals surface area contributed by atoms with Crippen LogP contribution in [-0.2, 0) is 4.84 Å². The number of amides is 2. The molecule has 1 aliphatic rings. The molecule has 0 aliphatic carbocycles. The number of aromatic amines is 1. The molecule has 1 aromatic heterocycles. The molecule has 0 spiro atoms. The van der Waals surface area contributed by atoms with Crippen LogP contribution in [0.2, 0.25) is 0 Å². The molecule has 0 unspecified atom stereocenters. The van der Waals surface area contributed by atoms with Crippen LogP contribution in [0.3, 0.4) is 0 Å². The van der Waals surface area contributed by atoms with E-state index in [1.165, 1.54) is 25.0 Å². The monoisotopic (exact) mass is 568 g/mol. The molecule has 4 N–H and O–H groups in total. The highest BCUT2D eigenvalue weighted by atomic mass is 19.4. The Hall–Kier alpha value is -4.62. The molecule has 0 saturated carbocycles. The number of hydrogen-bond donors (Lipinski definition) is 4. The van der Waals surface area contributed by atoms with Gasteiger partial charge in [0.25, 0.3) is 0 Å². The van der Waals surface area contributed by atoms with Gasteiger partial charge in [0.05, 0.1) is 17.3 Å². The van der Waals surface area contributed by atoms with Gasteiger partial charge in [0, 0.05) is 35.9 Å². The van der Waals surface area contributed by atoms with Crippen LogP contribution in [0.15, 0.2) is 66.9 Å². The van der Waals surface area contributed by atoms with Crippen molar-refractivity contribution in [1.29, 1.82) is 0 Å². The van der Waals surface area contributed by atoms with E-state index in [0.29, 0.717) is 23.3 Å². The third-order valence-corrected chi connectivity index (χ3v) is 6.47. The number of aromatic nitrogens is 2. The largest absolute Gasteiger partial charge is 0.573 e. The summed E-state index contributed by atoms with van der Waals surface area (Å²) in [7, 11) is 0. The average Bonchev–Trinajstić information content (AvgIpc) is 3.62. The zero-order valence-electron chi connectivity index (χ0n) is 21.8. The second-order valence-electron chi connectivity index (χ2n) is 9.42. The Labute approximate surface area is 232 Å². The number of halogens is 3. The molecular formula is C28H27F3N6O4. The van der Waals surface area contributed by atoms with Crippen molar-refractivity contribution < 1.29 is 32.3 Å². The Morgan fingerprint density at radius 1 is 0.976 bits per heavy atom. The van der Waals surface area contributed by atoms with E-state index in [0.717, 1.165) is 48.3 Å². The van der Waals surface area contributed by atoms with Crippen molar-refractivity contribution in [2.45, 2.75) is 19.2 Å². The van der Waals surface area contributed by atoms with Crippen molar-refractivity contribution in [1.82, 2.24) is 20.6 Å². The second kappa shape index (κ2) is 12.3. The van der Waals surface area contributed by atoms with Crippen molar-refractivity contribution in [2.75, 3.05) is 36.8 Å². The van der Waals surface area contributed by atoms with Crippen LogP contribution in [0.1, 0.15) is 23.2 Å². The predicted octanol–water partition coefficient (Wildman–Crippen LogP) is 5.53. The van der Waals surface area contributed by atoms with Crippen LogP contribution in [0, 0.1) is 0 Å². The van der Waals surface area contributed by atoms with Crippen LogP contribution >= 0.6 is 0 Å². The number of carbonyl (C=O) groups is 2. The lowest BCUT2D eigenvalue weighted by atomic mass is 9.99. The lowest BCUT2D eigenvalue weighted by molar-refractivity contribution is -0.274. The van der Waals surface area contributed by atoms with Crippen molar-refractivity contribution in [3.05, 3.63) is 72.4 Å². The molecule has 4 aromatic rings. The Kier molecular flexibility index (Phi) is 8.36. The fourth-order valence-corrected chi connectivity index (χ4v) is 4.59. The van der Waals surface area contributed by atoms with Gasteiger partial charge in [-0.3, -0.25) is 5.10 Å². The number of carbonyl (C=O) groups excluding carboxylic acids is 2. The zero-order chi connectivity index (χ0) is 28.8. The van der Waals surface area contributed by atoms with Crippen LogP contribution in [0.25, 0.3) is 22.0 Å². The number of urea groups is 1. The number of alkyl halides is 3. The zero-order valence-corrected chi connectivity index (χ0v) is 21.8. The molecular weight excluding hydrogens is 541 g/mol. The molecule has 13 heteroatoms. The predicted molar refractivity (Wildman–Crippen MR) is 146 cm³/mol. The topological polar surface area (TPSA) is 121 Å². The smallest absolute Gasteiger partial charge is 0.406 e. The van der Waals surface area contributed by atoms with Crippen molar-refractivity contribution >= 4 is 34.3 Å². The molecule has 2 amide bonds. The van der Waals surface area contributed by atoms with Gasteiger partial charge in [-0.05, 0) is 73.5 Å². The fraction of sp³-hybridized carbons (Fsp3) is 0.250. The Morgan fingerprint density at radius 3 is 2.49 bits per heavy atom. The van der Waals surface area contributed by atoms with Gasteiger partial charge in [-0.15, -0.1) is 13.2 Å². The number of rotatable bonds is 9. The highest BCUT2D eigenvalue weighted by molar-refractivity contribution is 6.02. The fourth-order valence-electron chi connectivity index (χ4n) is 4.59. The van der Waals surface area contributed by atoms with Gasteiger partial charge in [0.2, 0.25) is 0 Å². The van der Waals surface area contributed by atoms with Gasteiger partial charge < -0.3 is 25.1 Å². The minimum absolute atomic E-state index is 0.123. The average molecular weight is 569 g/mol. The van der Waals surface area contributed by atoms with Crippen LogP contribution in [-0.4, -0.2) is 59.6 Å². The molecule has 0 atom stereocenters. The van der Waals surface area contributed by atoms with Gasteiger partial charge in [-0.1, -0.05) is 18.2 Å². The summed E-state index contributed by atoms with van der Waals surface area (Å²) in [5.41, 5.74) is 5.80. The van der Waals surface area contributed by atoms with E-state index in [2.05, 4.69) is 35.9 Å². The Bertz CT molecular complexity index is 1520. The van der Waals surface area contributed by atoms with E-state index in [1.54, 1.807) is 42.6 Å². The summed E-state index contributed by atoms with van der Waals surface area (Å²) in [4.78, 5) is 32.8. The third kappa shape index (κ3) is 7.52. The number of hydroxylamine groups is 1. The number of benzene rings is 3. The quantitative estimate of drug-likeness (QED) is 0.155. The molecule has 0 bridgehead atoms. The SMILES string of the molecule is O=C(Nc1ccc(-c2cc(C(=O)ONCCN3CCCC3)cc3[nH]ncc23)cc1)Nc1cccc(OC(F)(F)F)c1. The normalized spacial score (nSPS) is 13.7. The highest BCUT2D eigenvalue weighted by Crippen LogP contribution is 2.31. The lowest BCUT2D eigenvalue weighted by Gasteiger charge is -2.14. The van der Waals surface area contributed by atoms with Gasteiger partial charge in [0.1, 0.15) is 5.75 Å². The number of nitrogens with one attached hydrogen (secondary N) is 4. The molecule has 2 heterocycles. The molecule has 1 saturated heterocycles. The van der Waals surface area contributed by atoms with E-state index in [1.807, 2.05) is 0 Å². The number of anilines is 2. The summed E-state index contributed by atoms with van der Waals surface area (Å²) >= 11 is 0. The molecule has 41 heavy (non-hydrogen) atoms. The summed E-state index contributed by atoms with van der Waals surface area (Å²) < 4.78 is 41.3.